The molecule has 13 heavy (non-hydrogen) atoms. The molecule has 0 saturated heterocycles. The minimum absolute atomic E-state index is 0.624. The van der Waals surface area contributed by atoms with Crippen molar-refractivity contribution >= 4 is 15.9 Å². The summed E-state index contributed by atoms with van der Waals surface area (Å²) in [6.07, 6.45) is 2.63. The summed E-state index contributed by atoms with van der Waals surface area (Å²) >= 11 is 3.51. The van der Waals surface area contributed by atoms with Crippen molar-refractivity contribution < 1.29 is 0 Å². The first-order chi connectivity index (χ1) is 6.11. The SMILES string of the molecule is CCCC(C)CNC(C)C(C)CBr. The molecule has 0 aromatic heterocycles. The lowest BCUT2D eigenvalue weighted by atomic mass is 10.0. The van der Waals surface area contributed by atoms with Crippen LogP contribution < -0.4 is 5.32 Å². The van der Waals surface area contributed by atoms with E-state index < -0.39 is 0 Å². The van der Waals surface area contributed by atoms with E-state index in [0.29, 0.717) is 12.0 Å². The molecular formula is C11H24BrN. The summed E-state index contributed by atoms with van der Waals surface area (Å²) in [7, 11) is 0. The van der Waals surface area contributed by atoms with Gasteiger partial charge in [-0.1, -0.05) is 43.1 Å². The highest BCUT2D eigenvalue weighted by Crippen LogP contribution is 2.08. The van der Waals surface area contributed by atoms with Crippen molar-refractivity contribution in [3.8, 4) is 0 Å². The molecule has 0 aliphatic heterocycles. The molecule has 2 heteroatoms. The molecule has 0 radical (unpaired) electrons. The van der Waals surface area contributed by atoms with Crippen molar-refractivity contribution in [2.75, 3.05) is 11.9 Å². The molecule has 3 unspecified atom stereocenters. The van der Waals surface area contributed by atoms with E-state index in [-0.39, 0.29) is 0 Å². The van der Waals surface area contributed by atoms with Crippen LogP contribution in [0.25, 0.3) is 0 Å². The van der Waals surface area contributed by atoms with Crippen LogP contribution in [-0.2, 0) is 0 Å². The molecule has 1 nitrogen and oxygen atoms in total. The lowest BCUT2D eigenvalue weighted by Gasteiger charge is -2.21. The lowest BCUT2D eigenvalue weighted by Crippen LogP contribution is -2.35. The molecule has 0 amide bonds. The van der Waals surface area contributed by atoms with Crippen LogP contribution in [0.3, 0.4) is 0 Å². The quantitative estimate of drug-likeness (QED) is 0.682. The normalized spacial score (nSPS) is 18.2. The maximum Gasteiger partial charge on any atom is 0.00724 e. The van der Waals surface area contributed by atoms with Gasteiger partial charge in [-0.2, -0.15) is 0 Å². The Hall–Kier alpha value is 0.440. The third-order valence-corrected chi connectivity index (χ3v) is 3.69. The van der Waals surface area contributed by atoms with Gasteiger partial charge in [0.2, 0.25) is 0 Å². The number of rotatable bonds is 7. The molecule has 80 valence electrons. The molecule has 0 rings (SSSR count). The molecule has 1 N–H and O–H groups in total. The van der Waals surface area contributed by atoms with Crippen molar-refractivity contribution in [3.63, 3.8) is 0 Å². The van der Waals surface area contributed by atoms with Crippen LogP contribution in [0, 0.1) is 11.8 Å². The molecule has 0 bridgehead atoms. The molecule has 0 spiro atoms. The Morgan fingerprint density at radius 1 is 1.23 bits per heavy atom. The van der Waals surface area contributed by atoms with Gasteiger partial charge in [-0.3, -0.25) is 0 Å². The van der Waals surface area contributed by atoms with Gasteiger partial charge in [0.1, 0.15) is 0 Å². The monoisotopic (exact) mass is 249 g/mol. The molecule has 0 aromatic carbocycles. The topological polar surface area (TPSA) is 12.0 Å². The van der Waals surface area contributed by atoms with Crippen molar-refractivity contribution in [2.24, 2.45) is 11.8 Å². The van der Waals surface area contributed by atoms with E-state index in [4.69, 9.17) is 0 Å². The van der Waals surface area contributed by atoms with Gasteiger partial charge in [0.05, 0.1) is 0 Å². The van der Waals surface area contributed by atoms with E-state index in [1.807, 2.05) is 0 Å². The van der Waals surface area contributed by atoms with E-state index >= 15 is 0 Å². The molecular weight excluding hydrogens is 226 g/mol. The van der Waals surface area contributed by atoms with Gasteiger partial charge in [-0.25, -0.2) is 0 Å². The molecule has 0 aromatic rings. The number of nitrogens with one attached hydrogen (secondary N) is 1. The number of hydrogen-bond donors (Lipinski definition) is 1. The van der Waals surface area contributed by atoms with E-state index in [1.165, 1.54) is 12.8 Å². The van der Waals surface area contributed by atoms with Crippen molar-refractivity contribution in [3.05, 3.63) is 0 Å². The zero-order chi connectivity index (χ0) is 10.3. The van der Waals surface area contributed by atoms with Gasteiger partial charge in [-0.15, -0.1) is 0 Å². The van der Waals surface area contributed by atoms with Crippen LogP contribution >= 0.6 is 15.9 Å². The second-order valence-corrected chi connectivity index (χ2v) is 4.87. The van der Waals surface area contributed by atoms with E-state index in [2.05, 4.69) is 48.9 Å². The predicted octanol–water partition coefficient (Wildman–Crippen LogP) is 3.43. The summed E-state index contributed by atoms with van der Waals surface area (Å²) in [6, 6.07) is 0.624. The van der Waals surface area contributed by atoms with Crippen LogP contribution in [0.2, 0.25) is 0 Å². The Bertz CT molecular complexity index is 117. The maximum atomic E-state index is 3.59. The summed E-state index contributed by atoms with van der Waals surface area (Å²) in [5.41, 5.74) is 0. The van der Waals surface area contributed by atoms with E-state index in [0.717, 1.165) is 17.8 Å². The molecule has 0 saturated carbocycles. The van der Waals surface area contributed by atoms with Crippen LogP contribution in [-0.4, -0.2) is 17.9 Å². The smallest absolute Gasteiger partial charge is 0.00724 e. The second-order valence-electron chi connectivity index (χ2n) is 4.22. The highest BCUT2D eigenvalue weighted by atomic mass is 79.9. The first kappa shape index (κ1) is 13.4. The highest BCUT2D eigenvalue weighted by Gasteiger charge is 2.10. The molecule has 3 atom stereocenters. The fraction of sp³-hybridized carbons (Fsp3) is 1.00. The third kappa shape index (κ3) is 6.50. The predicted molar refractivity (Wildman–Crippen MR) is 64.5 cm³/mol. The number of halogens is 1. The van der Waals surface area contributed by atoms with Gasteiger partial charge < -0.3 is 5.32 Å². The van der Waals surface area contributed by atoms with Gasteiger partial charge in [0, 0.05) is 11.4 Å². The molecule has 0 aliphatic carbocycles. The van der Waals surface area contributed by atoms with Crippen LogP contribution in [0.1, 0.15) is 40.5 Å². The largest absolute Gasteiger partial charge is 0.314 e. The average Bonchev–Trinajstić information content (AvgIpc) is 2.13. The Morgan fingerprint density at radius 2 is 1.85 bits per heavy atom. The lowest BCUT2D eigenvalue weighted by molar-refractivity contribution is 0.385. The summed E-state index contributed by atoms with van der Waals surface area (Å²) in [4.78, 5) is 0. The first-order valence-corrected chi connectivity index (χ1v) is 6.53. The average molecular weight is 250 g/mol. The van der Waals surface area contributed by atoms with Crippen LogP contribution in [0.15, 0.2) is 0 Å². The Morgan fingerprint density at radius 3 is 2.31 bits per heavy atom. The number of alkyl halides is 1. The van der Waals surface area contributed by atoms with Gasteiger partial charge in [0.25, 0.3) is 0 Å². The third-order valence-electron chi connectivity index (χ3n) is 2.67. The van der Waals surface area contributed by atoms with Crippen LogP contribution in [0.4, 0.5) is 0 Å². The molecule has 0 fully saturated rings. The Balaban J connectivity index is 3.50. The summed E-state index contributed by atoms with van der Waals surface area (Å²) in [5, 5.41) is 4.67. The highest BCUT2D eigenvalue weighted by molar-refractivity contribution is 9.09. The Labute approximate surface area is 91.8 Å². The fourth-order valence-corrected chi connectivity index (χ4v) is 1.88. The van der Waals surface area contributed by atoms with Crippen molar-refractivity contribution in [2.45, 2.75) is 46.6 Å². The minimum Gasteiger partial charge on any atom is -0.314 e. The maximum absolute atomic E-state index is 3.59. The van der Waals surface area contributed by atoms with E-state index in [1.54, 1.807) is 0 Å². The first-order valence-electron chi connectivity index (χ1n) is 5.41. The van der Waals surface area contributed by atoms with Crippen molar-refractivity contribution in [1.82, 2.24) is 5.32 Å². The summed E-state index contributed by atoms with van der Waals surface area (Å²) in [6.45, 7) is 10.3. The standard InChI is InChI=1S/C11H24BrN/c1-5-6-9(2)8-13-11(4)10(3)7-12/h9-11,13H,5-8H2,1-4H3. The van der Waals surface area contributed by atoms with Gasteiger partial charge in [-0.05, 0) is 31.7 Å². The second kappa shape index (κ2) is 7.81. The Kier molecular flexibility index (Phi) is 8.07. The van der Waals surface area contributed by atoms with Crippen molar-refractivity contribution in [1.29, 1.82) is 0 Å². The summed E-state index contributed by atoms with van der Waals surface area (Å²) in [5.74, 6) is 1.53. The van der Waals surface area contributed by atoms with E-state index in [9.17, 15) is 0 Å². The minimum atomic E-state index is 0.624. The van der Waals surface area contributed by atoms with Gasteiger partial charge in [0.15, 0.2) is 0 Å². The fourth-order valence-electron chi connectivity index (χ4n) is 1.32. The number of hydrogen-bond acceptors (Lipinski definition) is 1. The molecule has 0 aliphatic rings. The summed E-state index contributed by atoms with van der Waals surface area (Å²) < 4.78 is 0. The van der Waals surface area contributed by atoms with Crippen LogP contribution in [0.5, 0.6) is 0 Å². The zero-order valence-corrected chi connectivity index (χ0v) is 11.0. The molecule has 0 heterocycles. The zero-order valence-electron chi connectivity index (χ0n) is 9.44. The van der Waals surface area contributed by atoms with Gasteiger partial charge >= 0.3 is 0 Å².